The number of rotatable bonds is 7. The average molecular weight is 325 g/mol. The SMILES string of the molecule is CN=C(NCCCn1cccn1)NCCc1cc2ccccc2o1. The smallest absolute Gasteiger partial charge is 0.190 e. The molecule has 24 heavy (non-hydrogen) atoms. The molecule has 0 aliphatic rings. The lowest BCUT2D eigenvalue weighted by atomic mass is 10.2. The lowest BCUT2D eigenvalue weighted by Gasteiger charge is -2.11. The number of furan rings is 1. The molecule has 0 saturated carbocycles. The van der Waals surface area contributed by atoms with Gasteiger partial charge in [0.05, 0.1) is 0 Å². The molecule has 6 nitrogen and oxygen atoms in total. The van der Waals surface area contributed by atoms with Crippen LogP contribution in [0.5, 0.6) is 0 Å². The molecule has 2 aromatic heterocycles. The summed E-state index contributed by atoms with van der Waals surface area (Å²) in [7, 11) is 1.78. The second-order valence-corrected chi connectivity index (χ2v) is 5.55. The maximum atomic E-state index is 5.81. The van der Waals surface area contributed by atoms with Crippen molar-refractivity contribution in [2.24, 2.45) is 4.99 Å². The summed E-state index contributed by atoms with van der Waals surface area (Å²) in [5.41, 5.74) is 0.939. The van der Waals surface area contributed by atoms with Crippen LogP contribution in [0.3, 0.4) is 0 Å². The summed E-state index contributed by atoms with van der Waals surface area (Å²) in [6.07, 6.45) is 5.58. The highest BCUT2D eigenvalue weighted by molar-refractivity contribution is 5.79. The number of fused-ring (bicyclic) bond motifs is 1. The first-order chi connectivity index (χ1) is 11.8. The van der Waals surface area contributed by atoms with Gasteiger partial charge in [0.1, 0.15) is 11.3 Å². The molecule has 0 radical (unpaired) electrons. The molecule has 2 heterocycles. The van der Waals surface area contributed by atoms with Crippen molar-refractivity contribution in [2.75, 3.05) is 20.1 Å². The monoisotopic (exact) mass is 325 g/mol. The third kappa shape index (κ3) is 4.38. The van der Waals surface area contributed by atoms with Gasteiger partial charge in [0.2, 0.25) is 0 Å². The number of nitrogens with zero attached hydrogens (tertiary/aromatic N) is 3. The van der Waals surface area contributed by atoms with E-state index in [1.54, 1.807) is 13.2 Å². The first-order valence-corrected chi connectivity index (χ1v) is 8.24. The molecule has 3 aromatic rings. The highest BCUT2D eigenvalue weighted by Gasteiger charge is 2.03. The first-order valence-electron chi connectivity index (χ1n) is 8.24. The minimum absolute atomic E-state index is 0.776. The molecule has 0 aliphatic heterocycles. The molecule has 0 amide bonds. The molecule has 0 spiro atoms. The fourth-order valence-electron chi connectivity index (χ4n) is 2.57. The predicted molar refractivity (Wildman–Crippen MR) is 96.1 cm³/mol. The van der Waals surface area contributed by atoms with Crippen LogP contribution in [0.4, 0.5) is 0 Å². The third-order valence-electron chi connectivity index (χ3n) is 3.78. The third-order valence-corrected chi connectivity index (χ3v) is 3.78. The highest BCUT2D eigenvalue weighted by atomic mass is 16.3. The van der Waals surface area contributed by atoms with Gasteiger partial charge in [-0.25, -0.2) is 0 Å². The van der Waals surface area contributed by atoms with Crippen LogP contribution < -0.4 is 10.6 Å². The van der Waals surface area contributed by atoms with Gasteiger partial charge < -0.3 is 15.1 Å². The van der Waals surface area contributed by atoms with Crippen molar-refractivity contribution < 1.29 is 4.42 Å². The fourth-order valence-corrected chi connectivity index (χ4v) is 2.57. The number of guanidine groups is 1. The van der Waals surface area contributed by atoms with E-state index in [4.69, 9.17) is 4.42 Å². The molecule has 0 bridgehead atoms. The van der Waals surface area contributed by atoms with E-state index >= 15 is 0 Å². The number of aliphatic imine (C=N–C) groups is 1. The topological polar surface area (TPSA) is 67.4 Å². The summed E-state index contributed by atoms with van der Waals surface area (Å²) in [6, 6.07) is 12.1. The van der Waals surface area contributed by atoms with Crippen LogP contribution >= 0.6 is 0 Å². The zero-order chi connectivity index (χ0) is 16.6. The Hall–Kier alpha value is -2.76. The largest absolute Gasteiger partial charge is 0.461 e. The molecule has 0 atom stereocenters. The van der Waals surface area contributed by atoms with Crippen LogP contribution in [0.25, 0.3) is 11.0 Å². The number of para-hydroxylation sites is 1. The summed E-state index contributed by atoms with van der Waals surface area (Å²) < 4.78 is 7.74. The number of nitrogens with one attached hydrogen (secondary N) is 2. The molecule has 1 aromatic carbocycles. The van der Waals surface area contributed by atoms with Gasteiger partial charge in [-0.1, -0.05) is 18.2 Å². The Morgan fingerprint density at radius 2 is 2.08 bits per heavy atom. The van der Waals surface area contributed by atoms with E-state index in [-0.39, 0.29) is 0 Å². The Labute approximate surface area is 141 Å². The highest BCUT2D eigenvalue weighted by Crippen LogP contribution is 2.18. The summed E-state index contributed by atoms with van der Waals surface area (Å²) in [6.45, 7) is 2.53. The Morgan fingerprint density at radius 3 is 2.88 bits per heavy atom. The average Bonchev–Trinajstić information content (AvgIpc) is 3.25. The number of hydrogen-bond acceptors (Lipinski definition) is 3. The molecule has 0 saturated heterocycles. The first kappa shape index (κ1) is 16.1. The van der Waals surface area contributed by atoms with E-state index in [0.29, 0.717) is 0 Å². The van der Waals surface area contributed by atoms with Crippen molar-refractivity contribution in [1.82, 2.24) is 20.4 Å². The van der Waals surface area contributed by atoms with Crippen LogP contribution in [0, 0.1) is 0 Å². The summed E-state index contributed by atoms with van der Waals surface area (Å²) in [5.74, 6) is 1.80. The number of benzene rings is 1. The Kier molecular flexibility index (Phi) is 5.50. The molecule has 3 rings (SSSR count). The maximum Gasteiger partial charge on any atom is 0.190 e. The van der Waals surface area contributed by atoms with Gasteiger partial charge in [-0.15, -0.1) is 0 Å². The summed E-state index contributed by atoms with van der Waals surface area (Å²) in [5, 5.41) is 12.0. The van der Waals surface area contributed by atoms with Crippen LogP contribution in [0.2, 0.25) is 0 Å². The normalized spacial score (nSPS) is 11.8. The van der Waals surface area contributed by atoms with Gasteiger partial charge >= 0.3 is 0 Å². The second kappa shape index (κ2) is 8.19. The quantitative estimate of drug-likeness (QED) is 0.398. The van der Waals surface area contributed by atoms with Gasteiger partial charge in [0.25, 0.3) is 0 Å². The van der Waals surface area contributed by atoms with E-state index in [1.807, 2.05) is 35.1 Å². The van der Waals surface area contributed by atoms with Crippen LogP contribution in [-0.2, 0) is 13.0 Å². The van der Waals surface area contributed by atoms with E-state index in [1.165, 1.54) is 0 Å². The molecule has 126 valence electrons. The van der Waals surface area contributed by atoms with Crippen molar-refractivity contribution in [1.29, 1.82) is 0 Å². The molecular weight excluding hydrogens is 302 g/mol. The lowest BCUT2D eigenvalue weighted by Crippen LogP contribution is -2.38. The molecule has 0 fully saturated rings. The van der Waals surface area contributed by atoms with Crippen LogP contribution in [0.1, 0.15) is 12.2 Å². The molecular formula is C18H23N5O. The van der Waals surface area contributed by atoms with E-state index in [9.17, 15) is 0 Å². The predicted octanol–water partition coefficient (Wildman–Crippen LogP) is 2.43. The van der Waals surface area contributed by atoms with E-state index in [2.05, 4.69) is 32.9 Å². The van der Waals surface area contributed by atoms with Gasteiger partial charge in [0.15, 0.2) is 5.96 Å². The van der Waals surface area contributed by atoms with Gasteiger partial charge in [-0.2, -0.15) is 5.10 Å². The maximum absolute atomic E-state index is 5.81. The number of hydrogen-bond donors (Lipinski definition) is 2. The van der Waals surface area contributed by atoms with Crippen molar-refractivity contribution in [3.8, 4) is 0 Å². The lowest BCUT2D eigenvalue weighted by molar-refractivity contribution is 0.543. The Balaban J connectivity index is 1.37. The zero-order valence-electron chi connectivity index (χ0n) is 13.9. The van der Waals surface area contributed by atoms with Gasteiger partial charge in [-0.3, -0.25) is 9.67 Å². The van der Waals surface area contributed by atoms with E-state index < -0.39 is 0 Å². The van der Waals surface area contributed by atoms with Gasteiger partial charge in [0, 0.05) is 50.9 Å². The standard InChI is InChI=1S/C18H23N5O/c1-19-18(20-9-4-12-23-13-5-10-22-23)21-11-8-16-14-15-6-2-3-7-17(15)24-16/h2-3,5-7,10,13-14H,4,8-9,11-12H2,1H3,(H2,19,20,21). The van der Waals surface area contributed by atoms with Crippen molar-refractivity contribution in [3.63, 3.8) is 0 Å². The minimum Gasteiger partial charge on any atom is -0.461 e. The molecule has 6 heteroatoms. The molecule has 0 unspecified atom stereocenters. The van der Waals surface area contributed by atoms with Crippen LogP contribution in [0.15, 0.2) is 58.2 Å². The minimum atomic E-state index is 0.776. The van der Waals surface area contributed by atoms with Crippen LogP contribution in [-0.4, -0.2) is 35.9 Å². The number of aromatic nitrogens is 2. The van der Waals surface area contributed by atoms with Gasteiger partial charge in [-0.05, 0) is 24.6 Å². The van der Waals surface area contributed by atoms with E-state index in [0.717, 1.165) is 55.2 Å². The molecule has 2 N–H and O–H groups in total. The second-order valence-electron chi connectivity index (χ2n) is 5.55. The van der Waals surface area contributed by atoms with Crippen molar-refractivity contribution in [3.05, 3.63) is 54.6 Å². The Bertz CT molecular complexity index is 743. The Morgan fingerprint density at radius 1 is 1.21 bits per heavy atom. The number of aryl methyl sites for hydroxylation is 1. The van der Waals surface area contributed by atoms with Crippen molar-refractivity contribution in [2.45, 2.75) is 19.4 Å². The zero-order valence-corrected chi connectivity index (χ0v) is 13.9. The molecule has 0 aliphatic carbocycles. The summed E-state index contributed by atoms with van der Waals surface area (Å²) >= 11 is 0. The van der Waals surface area contributed by atoms with Crippen molar-refractivity contribution >= 4 is 16.9 Å². The fraction of sp³-hybridized carbons (Fsp3) is 0.333. The summed E-state index contributed by atoms with van der Waals surface area (Å²) in [4.78, 5) is 4.24.